The molecule has 0 aromatic heterocycles. The molecule has 0 saturated heterocycles. The number of carboxylic acids is 1. The van der Waals surface area contributed by atoms with Gasteiger partial charge in [-0.1, -0.05) is 0 Å². The summed E-state index contributed by atoms with van der Waals surface area (Å²) in [6.45, 7) is 0.125. The maximum absolute atomic E-state index is 13.5. The first-order valence-electron chi connectivity index (χ1n) is 13.7. The molecule has 0 saturated carbocycles. The number of allylic oxidation sites excluding steroid dienone is 4. The number of ether oxygens (including phenoxy) is 2. The molecule has 0 amide bonds. The highest BCUT2D eigenvalue weighted by Gasteiger charge is 2.44. The number of benzene rings is 2. The molecule has 0 atom stereocenters. The molecular formula is C30H26F3IN2O8. The van der Waals surface area contributed by atoms with Gasteiger partial charge in [-0.25, -0.2) is 0 Å². The Labute approximate surface area is 262 Å². The van der Waals surface area contributed by atoms with E-state index in [1.165, 1.54) is 7.11 Å². The van der Waals surface area contributed by atoms with E-state index in [0.717, 1.165) is 6.07 Å². The lowest BCUT2D eigenvalue weighted by Gasteiger charge is -2.44. The summed E-state index contributed by atoms with van der Waals surface area (Å²) < 4.78 is 51.4. The van der Waals surface area contributed by atoms with Crippen LogP contribution in [0, 0.1) is 13.7 Å². The number of halogens is 4. The van der Waals surface area contributed by atoms with Crippen molar-refractivity contribution in [2.45, 2.75) is 57.0 Å². The largest absolute Gasteiger partial charge is 0.493 e. The number of hydrogen-bond acceptors (Lipinski definition) is 8. The minimum absolute atomic E-state index is 0.00644. The number of rotatable bonds is 8. The molecule has 1 heterocycles. The number of nitro benzene ring substituents is 1. The van der Waals surface area contributed by atoms with E-state index in [1.807, 2.05) is 27.5 Å². The Bertz CT molecular complexity index is 1610. The molecule has 1 aliphatic heterocycles. The number of carbonyl (C=O) groups excluding carboxylic acids is 2. The van der Waals surface area contributed by atoms with Crippen LogP contribution in [0.5, 0.6) is 17.2 Å². The van der Waals surface area contributed by atoms with Crippen LogP contribution in [0.1, 0.15) is 62.0 Å². The maximum atomic E-state index is 13.5. The highest BCUT2D eigenvalue weighted by Crippen LogP contribution is 2.51. The Morgan fingerprint density at radius 2 is 1.66 bits per heavy atom. The number of Topliss-reactive ketones (excluding diaryl/α,β-unsaturated/α-hetero) is 2. The predicted octanol–water partition coefficient (Wildman–Crippen LogP) is 6.91. The normalized spacial score (nSPS) is 17.4. The number of ketones is 2. The molecule has 232 valence electrons. The van der Waals surface area contributed by atoms with E-state index in [0.29, 0.717) is 69.5 Å². The molecule has 2 aromatic carbocycles. The lowest BCUT2D eigenvalue weighted by atomic mass is 9.71. The van der Waals surface area contributed by atoms with E-state index < -0.39 is 40.0 Å². The van der Waals surface area contributed by atoms with Gasteiger partial charge in [0.05, 0.1) is 27.6 Å². The molecule has 1 N–H and O–H groups in total. The molecule has 3 aliphatic rings. The Morgan fingerprint density at radius 1 is 1.05 bits per heavy atom. The first kappa shape index (κ1) is 31.5. The summed E-state index contributed by atoms with van der Waals surface area (Å²) in [5.41, 5.74) is 0.711. The summed E-state index contributed by atoms with van der Waals surface area (Å²) >= 11 is 1.90. The molecule has 0 spiro atoms. The number of methoxy groups -OCH3 is 1. The van der Waals surface area contributed by atoms with Crippen LogP contribution >= 0.6 is 22.6 Å². The van der Waals surface area contributed by atoms with E-state index >= 15 is 0 Å². The first-order chi connectivity index (χ1) is 20.8. The lowest BCUT2D eigenvalue weighted by Crippen LogP contribution is -2.40. The lowest BCUT2D eigenvalue weighted by molar-refractivity contribution is -0.385. The van der Waals surface area contributed by atoms with Gasteiger partial charge >= 0.3 is 17.8 Å². The number of alkyl halides is 3. The minimum Gasteiger partial charge on any atom is -0.493 e. The molecule has 14 heteroatoms. The van der Waals surface area contributed by atoms with Crippen molar-refractivity contribution < 1.29 is 47.1 Å². The van der Waals surface area contributed by atoms with Crippen LogP contribution in [0.3, 0.4) is 0 Å². The summed E-state index contributed by atoms with van der Waals surface area (Å²) in [6, 6.07) is 5.16. The molecular weight excluding hydrogens is 700 g/mol. The van der Waals surface area contributed by atoms with Crippen LogP contribution in [0.2, 0.25) is 0 Å². The van der Waals surface area contributed by atoms with Crippen LogP contribution in [0.4, 0.5) is 18.9 Å². The van der Waals surface area contributed by atoms with Crippen molar-refractivity contribution in [1.82, 2.24) is 4.90 Å². The van der Waals surface area contributed by atoms with Gasteiger partial charge in [0.15, 0.2) is 23.1 Å². The van der Waals surface area contributed by atoms with Gasteiger partial charge in [-0.3, -0.25) is 24.5 Å². The Kier molecular flexibility index (Phi) is 8.73. The second kappa shape index (κ2) is 12.2. The molecule has 0 fully saturated rings. The van der Waals surface area contributed by atoms with Gasteiger partial charge in [0, 0.05) is 53.9 Å². The summed E-state index contributed by atoms with van der Waals surface area (Å²) in [6.07, 6.45) is -2.18. The average molecular weight is 726 g/mol. The van der Waals surface area contributed by atoms with Crippen molar-refractivity contribution >= 4 is 45.8 Å². The number of nitro groups is 1. The number of carboxylic acid groups (broad SMARTS) is 1. The molecule has 5 rings (SSSR count). The Hall–Kier alpha value is -3.95. The quantitative estimate of drug-likeness (QED) is 0.175. The van der Waals surface area contributed by atoms with Gasteiger partial charge in [0.2, 0.25) is 5.75 Å². The molecule has 2 aliphatic carbocycles. The zero-order valence-corrected chi connectivity index (χ0v) is 25.5. The van der Waals surface area contributed by atoms with Crippen molar-refractivity contribution in [1.29, 1.82) is 0 Å². The molecule has 0 bridgehead atoms. The smallest absolute Gasteiger partial charge is 0.416 e. The van der Waals surface area contributed by atoms with Crippen LogP contribution in [0.15, 0.2) is 52.9 Å². The fourth-order valence-electron chi connectivity index (χ4n) is 6.07. The van der Waals surface area contributed by atoms with Crippen LogP contribution in [-0.4, -0.2) is 46.1 Å². The van der Waals surface area contributed by atoms with Crippen molar-refractivity contribution in [3.05, 3.63) is 77.7 Å². The van der Waals surface area contributed by atoms with Gasteiger partial charge < -0.3 is 19.5 Å². The molecule has 10 nitrogen and oxygen atoms in total. The van der Waals surface area contributed by atoms with Gasteiger partial charge in [-0.15, -0.1) is 0 Å². The van der Waals surface area contributed by atoms with Crippen LogP contribution in [0.25, 0.3) is 0 Å². The third-order valence-corrected chi connectivity index (χ3v) is 8.72. The minimum atomic E-state index is -4.80. The van der Waals surface area contributed by atoms with Crippen LogP contribution in [-0.2, 0) is 20.6 Å². The predicted molar refractivity (Wildman–Crippen MR) is 157 cm³/mol. The van der Waals surface area contributed by atoms with Gasteiger partial charge in [0.25, 0.3) is 0 Å². The van der Waals surface area contributed by atoms with Crippen molar-refractivity contribution in [2.24, 2.45) is 0 Å². The number of nitrogens with zero attached hydrogens (tertiary/aromatic N) is 2. The van der Waals surface area contributed by atoms with E-state index in [2.05, 4.69) is 0 Å². The summed E-state index contributed by atoms with van der Waals surface area (Å²) in [5, 5.41) is 21.0. The van der Waals surface area contributed by atoms with Crippen molar-refractivity contribution in [2.75, 3.05) is 13.7 Å². The summed E-state index contributed by atoms with van der Waals surface area (Å²) in [5.74, 6) is -2.37. The topological polar surface area (TPSA) is 136 Å². The Morgan fingerprint density at radius 3 is 2.18 bits per heavy atom. The number of hydrogen-bond donors (Lipinski definition) is 1. The van der Waals surface area contributed by atoms with Crippen molar-refractivity contribution in [3.63, 3.8) is 0 Å². The number of carbonyl (C=O) groups is 3. The van der Waals surface area contributed by atoms with E-state index in [-0.39, 0.29) is 48.9 Å². The Balaban J connectivity index is 1.63. The van der Waals surface area contributed by atoms with Gasteiger partial charge in [-0.05, 0) is 78.1 Å². The highest BCUT2D eigenvalue weighted by molar-refractivity contribution is 14.1. The third kappa shape index (κ3) is 5.90. The van der Waals surface area contributed by atoms with Gasteiger partial charge in [0.1, 0.15) is 0 Å². The van der Waals surface area contributed by atoms with E-state index in [4.69, 9.17) is 9.47 Å². The second-order valence-electron chi connectivity index (χ2n) is 10.6. The highest BCUT2D eigenvalue weighted by atomic mass is 127. The number of aliphatic carboxylic acids is 1. The fourth-order valence-corrected chi connectivity index (χ4v) is 6.80. The molecule has 0 radical (unpaired) electrons. The average Bonchev–Trinajstić information content (AvgIpc) is 2.96. The van der Waals surface area contributed by atoms with E-state index in [9.17, 15) is 42.8 Å². The molecule has 2 aromatic rings. The zero-order valence-electron chi connectivity index (χ0n) is 23.3. The van der Waals surface area contributed by atoms with Crippen LogP contribution < -0.4 is 9.47 Å². The monoisotopic (exact) mass is 726 g/mol. The molecule has 0 unspecified atom stereocenters. The molecule has 44 heavy (non-hydrogen) atoms. The standard InChI is InChI=1S/C30H26F3IN2O8/c1-43-24-13-15(12-17(34)29(24)44-23-9-8-16(30(31,32)33)14-20(23)36(41)42)26-27-18(4-2-6-21(27)37)35(11-10-25(39)40)19-5-3-7-22(38)28(19)26/h8-9,12-14,26H,2-7,10-11H2,1H3,(H,39,40). The van der Waals surface area contributed by atoms with Gasteiger partial charge in [-0.2, -0.15) is 13.2 Å². The first-order valence-corrected chi connectivity index (χ1v) is 14.8. The second-order valence-corrected chi connectivity index (χ2v) is 11.7. The third-order valence-electron chi connectivity index (χ3n) is 7.92. The summed E-state index contributed by atoms with van der Waals surface area (Å²) in [4.78, 5) is 50.9. The van der Waals surface area contributed by atoms with E-state index in [1.54, 1.807) is 12.1 Å². The fraction of sp³-hybridized carbons (Fsp3) is 0.367. The summed E-state index contributed by atoms with van der Waals surface area (Å²) in [7, 11) is 1.32. The maximum Gasteiger partial charge on any atom is 0.416 e. The zero-order chi connectivity index (χ0) is 31.9. The van der Waals surface area contributed by atoms with Crippen molar-refractivity contribution in [3.8, 4) is 17.2 Å². The SMILES string of the molecule is COc1cc(C2C3=C(CCCC3=O)N(CCC(=O)O)C3=C2C(=O)CCC3)cc(I)c1Oc1ccc(C(F)(F)F)cc1[N+](=O)[O-].